The number of hydrogen-bond donors (Lipinski definition) is 3. The SMILES string of the molecule is CCOC(=O)CC(NCCNCCNCC(=O)OC(C)(C)C)(C(=O)OC(C)(C)C)c1ccccn1. The second-order valence-corrected chi connectivity index (χ2v) is 10.0. The molecular weight excluding hydrogens is 452 g/mol. The fourth-order valence-electron chi connectivity index (χ4n) is 3.14. The van der Waals surface area contributed by atoms with Crippen molar-refractivity contribution >= 4 is 17.9 Å². The molecule has 0 bridgehead atoms. The van der Waals surface area contributed by atoms with Crippen molar-refractivity contribution in [1.82, 2.24) is 20.9 Å². The van der Waals surface area contributed by atoms with Crippen molar-refractivity contribution in [3.63, 3.8) is 0 Å². The number of nitrogens with zero attached hydrogens (tertiary/aromatic N) is 1. The molecule has 0 saturated heterocycles. The van der Waals surface area contributed by atoms with E-state index in [4.69, 9.17) is 14.2 Å². The van der Waals surface area contributed by atoms with Gasteiger partial charge in [0.25, 0.3) is 0 Å². The van der Waals surface area contributed by atoms with E-state index in [1.54, 1.807) is 52.1 Å². The van der Waals surface area contributed by atoms with Crippen LogP contribution in [0.3, 0.4) is 0 Å². The zero-order valence-electron chi connectivity index (χ0n) is 22.2. The molecule has 1 unspecified atom stereocenters. The van der Waals surface area contributed by atoms with Crippen LogP contribution in [0.4, 0.5) is 0 Å². The van der Waals surface area contributed by atoms with Crippen molar-refractivity contribution in [3.05, 3.63) is 30.1 Å². The Morgan fingerprint density at radius 2 is 1.49 bits per heavy atom. The molecular formula is C25H42N4O6. The van der Waals surface area contributed by atoms with E-state index in [1.165, 1.54) is 0 Å². The van der Waals surface area contributed by atoms with Crippen LogP contribution in [0.2, 0.25) is 0 Å². The number of nitrogens with one attached hydrogen (secondary N) is 3. The molecule has 0 amide bonds. The number of ether oxygens (including phenoxy) is 3. The Morgan fingerprint density at radius 1 is 0.857 bits per heavy atom. The van der Waals surface area contributed by atoms with Crippen molar-refractivity contribution < 1.29 is 28.6 Å². The Kier molecular flexibility index (Phi) is 12.3. The summed E-state index contributed by atoms with van der Waals surface area (Å²) in [6, 6.07) is 5.17. The van der Waals surface area contributed by atoms with Gasteiger partial charge < -0.3 is 24.8 Å². The van der Waals surface area contributed by atoms with E-state index in [0.29, 0.717) is 31.9 Å². The lowest BCUT2D eigenvalue weighted by molar-refractivity contribution is -0.168. The summed E-state index contributed by atoms with van der Waals surface area (Å²) in [4.78, 5) is 42.0. The van der Waals surface area contributed by atoms with Crippen molar-refractivity contribution in [2.45, 2.75) is 71.6 Å². The number of esters is 3. The molecule has 1 rings (SSSR count). The fraction of sp³-hybridized carbons (Fsp3) is 0.680. The second kappa shape index (κ2) is 14.1. The number of carbonyl (C=O) groups excluding carboxylic acids is 3. The number of carbonyl (C=O) groups is 3. The summed E-state index contributed by atoms with van der Waals surface area (Å²) < 4.78 is 16.1. The van der Waals surface area contributed by atoms with E-state index in [9.17, 15) is 14.4 Å². The normalized spacial score (nSPS) is 13.6. The summed E-state index contributed by atoms with van der Waals surface area (Å²) in [6.45, 7) is 14.8. The Morgan fingerprint density at radius 3 is 2.06 bits per heavy atom. The molecule has 1 aromatic rings. The third-order valence-electron chi connectivity index (χ3n) is 4.46. The molecule has 0 aliphatic carbocycles. The van der Waals surface area contributed by atoms with Gasteiger partial charge in [0, 0.05) is 32.4 Å². The minimum absolute atomic E-state index is 0.123. The van der Waals surface area contributed by atoms with Gasteiger partial charge in [-0.05, 0) is 60.6 Å². The highest BCUT2D eigenvalue weighted by Crippen LogP contribution is 2.28. The lowest BCUT2D eigenvalue weighted by atomic mass is 9.89. The topological polar surface area (TPSA) is 128 Å². The van der Waals surface area contributed by atoms with Crippen LogP contribution >= 0.6 is 0 Å². The van der Waals surface area contributed by atoms with Crippen LogP contribution in [0.1, 0.15) is 60.6 Å². The first-order chi connectivity index (χ1) is 16.3. The summed E-state index contributed by atoms with van der Waals surface area (Å²) in [6.07, 6.45) is 1.31. The molecule has 0 aliphatic heterocycles. The summed E-state index contributed by atoms with van der Waals surface area (Å²) in [5.41, 5.74) is -2.40. The van der Waals surface area contributed by atoms with Crippen LogP contribution in [0.25, 0.3) is 0 Å². The van der Waals surface area contributed by atoms with Gasteiger partial charge >= 0.3 is 17.9 Å². The average Bonchev–Trinajstić information content (AvgIpc) is 2.73. The maximum atomic E-state index is 13.4. The smallest absolute Gasteiger partial charge is 0.333 e. The van der Waals surface area contributed by atoms with E-state index >= 15 is 0 Å². The van der Waals surface area contributed by atoms with Crippen LogP contribution in [-0.4, -0.2) is 73.4 Å². The standard InChI is InChI=1S/C25H42N4O6/c1-8-33-20(30)17-25(19-11-9-10-12-28-19,22(32)35-24(5,6)7)29-16-15-26-13-14-27-18-21(31)34-23(2,3)4/h9-12,26-27,29H,8,13-18H2,1-7H3. The molecule has 3 N–H and O–H groups in total. The van der Waals surface area contributed by atoms with E-state index in [1.807, 2.05) is 20.8 Å². The van der Waals surface area contributed by atoms with Crippen molar-refractivity contribution in [1.29, 1.82) is 0 Å². The third kappa shape index (κ3) is 12.1. The molecule has 0 aromatic carbocycles. The maximum absolute atomic E-state index is 13.4. The van der Waals surface area contributed by atoms with E-state index in [-0.39, 0.29) is 25.5 Å². The van der Waals surface area contributed by atoms with Crippen LogP contribution in [-0.2, 0) is 34.1 Å². The van der Waals surface area contributed by atoms with E-state index in [2.05, 4.69) is 20.9 Å². The molecule has 1 heterocycles. The van der Waals surface area contributed by atoms with Gasteiger partial charge in [-0.3, -0.25) is 19.9 Å². The lowest BCUT2D eigenvalue weighted by Crippen LogP contribution is -2.55. The Labute approximate surface area is 208 Å². The highest BCUT2D eigenvalue weighted by molar-refractivity contribution is 5.88. The lowest BCUT2D eigenvalue weighted by Gasteiger charge is -2.34. The summed E-state index contributed by atoms with van der Waals surface area (Å²) in [7, 11) is 0. The zero-order valence-corrected chi connectivity index (χ0v) is 22.2. The van der Waals surface area contributed by atoms with Gasteiger partial charge in [-0.25, -0.2) is 4.79 Å². The van der Waals surface area contributed by atoms with Gasteiger partial charge in [0.1, 0.15) is 11.2 Å². The van der Waals surface area contributed by atoms with Crippen LogP contribution in [0.15, 0.2) is 24.4 Å². The van der Waals surface area contributed by atoms with Crippen molar-refractivity contribution in [2.75, 3.05) is 39.3 Å². The maximum Gasteiger partial charge on any atom is 0.333 e. The molecule has 10 heteroatoms. The molecule has 35 heavy (non-hydrogen) atoms. The molecule has 1 aromatic heterocycles. The predicted molar refractivity (Wildman–Crippen MR) is 133 cm³/mol. The number of pyridine rings is 1. The van der Waals surface area contributed by atoms with Gasteiger partial charge in [0.15, 0.2) is 5.54 Å². The Hall–Kier alpha value is -2.56. The first kappa shape index (κ1) is 30.5. The molecule has 0 aliphatic rings. The number of aromatic nitrogens is 1. The summed E-state index contributed by atoms with van der Waals surface area (Å²) in [5.74, 6) is -1.44. The summed E-state index contributed by atoms with van der Waals surface area (Å²) >= 11 is 0. The largest absolute Gasteiger partial charge is 0.466 e. The second-order valence-electron chi connectivity index (χ2n) is 10.0. The monoisotopic (exact) mass is 494 g/mol. The number of rotatable bonds is 14. The van der Waals surface area contributed by atoms with Gasteiger partial charge in [0.05, 0.1) is 25.3 Å². The minimum atomic E-state index is -1.50. The third-order valence-corrected chi connectivity index (χ3v) is 4.46. The van der Waals surface area contributed by atoms with E-state index < -0.39 is 28.7 Å². The highest BCUT2D eigenvalue weighted by atomic mass is 16.6. The minimum Gasteiger partial charge on any atom is -0.466 e. The number of hydrogen-bond acceptors (Lipinski definition) is 10. The molecule has 0 radical (unpaired) electrons. The van der Waals surface area contributed by atoms with Gasteiger partial charge in [0.2, 0.25) is 0 Å². The van der Waals surface area contributed by atoms with Crippen LogP contribution in [0, 0.1) is 0 Å². The summed E-state index contributed by atoms with van der Waals surface area (Å²) in [5, 5.41) is 9.45. The first-order valence-electron chi connectivity index (χ1n) is 12.0. The van der Waals surface area contributed by atoms with Crippen LogP contribution < -0.4 is 16.0 Å². The quantitative estimate of drug-likeness (QED) is 0.200. The van der Waals surface area contributed by atoms with E-state index in [0.717, 1.165) is 0 Å². The van der Waals surface area contributed by atoms with Crippen molar-refractivity contribution in [3.8, 4) is 0 Å². The zero-order chi connectivity index (χ0) is 26.5. The molecule has 1 atom stereocenters. The fourth-order valence-corrected chi connectivity index (χ4v) is 3.14. The van der Waals surface area contributed by atoms with Gasteiger partial charge in [-0.15, -0.1) is 0 Å². The van der Waals surface area contributed by atoms with Crippen molar-refractivity contribution in [2.24, 2.45) is 0 Å². The molecule has 0 spiro atoms. The Balaban J connectivity index is 2.77. The molecule has 198 valence electrons. The predicted octanol–water partition coefficient (Wildman–Crippen LogP) is 1.68. The first-order valence-corrected chi connectivity index (χ1v) is 12.0. The average molecular weight is 495 g/mol. The van der Waals surface area contributed by atoms with Crippen LogP contribution in [0.5, 0.6) is 0 Å². The molecule has 0 saturated carbocycles. The highest BCUT2D eigenvalue weighted by Gasteiger charge is 2.46. The van der Waals surface area contributed by atoms with Gasteiger partial charge in [-0.2, -0.15) is 0 Å². The van der Waals surface area contributed by atoms with Gasteiger partial charge in [-0.1, -0.05) is 6.07 Å². The molecule has 10 nitrogen and oxygen atoms in total. The Bertz CT molecular complexity index is 804. The molecule has 0 fully saturated rings.